The second-order valence-corrected chi connectivity index (χ2v) is 2.44. The van der Waals surface area contributed by atoms with E-state index in [1.165, 1.54) is 6.20 Å². The Morgan fingerprint density at radius 3 is 2.77 bits per heavy atom. The van der Waals surface area contributed by atoms with Crippen LogP contribution in [0.1, 0.15) is 5.69 Å². The van der Waals surface area contributed by atoms with Crippen LogP contribution in [-0.4, -0.2) is 27.9 Å². The number of aliphatic hydroxyl groups excluding tert-OH is 1. The number of carbonyl (C=O) groups is 1. The molecular weight excluding hydrogens is 172 g/mol. The molecule has 0 unspecified atom stereocenters. The van der Waals surface area contributed by atoms with Crippen LogP contribution < -0.4 is 5.32 Å². The van der Waals surface area contributed by atoms with Crippen molar-refractivity contribution >= 4 is 11.8 Å². The standard InChI is InChI=1S/C8H10N2O3/c11-4-3-6-1-2-7(5-9-6)10-8(12)13/h1-2,5,10-11H,3-4H2,(H,12,13). The molecule has 3 N–H and O–H groups in total. The molecule has 1 heterocycles. The lowest BCUT2D eigenvalue weighted by Crippen LogP contribution is -2.07. The minimum atomic E-state index is -1.11. The van der Waals surface area contributed by atoms with Crippen LogP contribution in [0.3, 0.4) is 0 Å². The monoisotopic (exact) mass is 182 g/mol. The summed E-state index contributed by atoms with van der Waals surface area (Å²) in [6, 6.07) is 3.27. The van der Waals surface area contributed by atoms with Crippen molar-refractivity contribution < 1.29 is 15.0 Å². The van der Waals surface area contributed by atoms with Gasteiger partial charge in [-0.1, -0.05) is 0 Å². The van der Waals surface area contributed by atoms with Crippen molar-refractivity contribution in [3.8, 4) is 0 Å². The summed E-state index contributed by atoms with van der Waals surface area (Å²) in [6.45, 7) is 0.0404. The fourth-order valence-electron chi connectivity index (χ4n) is 0.884. The minimum Gasteiger partial charge on any atom is -0.465 e. The Morgan fingerprint density at radius 2 is 2.31 bits per heavy atom. The molecule has 1 aromatic heterocycles. The molecule has 0 aliphatic carbocycles. The van der Waals surface area contributed by atoms with Crippen molar-refractivity contribution in [1.29, 1.82) is 0 Å². The Bertz CT molecular complexity index is 284. The molecule has 70 valence electrons. The van der Waals surface area contributed by atoms with Gasteiger partial charge in [-0.15, -0.1) is 0 Å². The number of carboxylic acid groups (broad SMARTS) is 1. The van der Waals surface area contributed by atoms with Gasteiger partial charge in [-0.2, -0.15) is 0 Å². The molecule has 13 heavy (non-hydrogen) atoms. The zero-order valence-corrected chi connectivity index (χ0v) is 6.90. The third-order valence-corrected chi connectivity index (χ3v) is 1.44. The Labute approximate surface area is 75.0 Å². The van der Waals surface area contributed by atoms with Crippen molar-refractivity contribution in [3.63, 3.8) is 0 Å². The summed E-state index contributed by atoms with van der Waals surface area (Å²) in [7, 11) is 0. The molecule has 1 amide bonds. The lowest BCUT2D eigenvalue weighted by molar-refractivity contribution is 0.209. The van der Waals surface area contributed by atoms with Crippen LogP contribution in [0.4, 0.5) is 10.5 Å². The molecule has 0 radical (unpaired) electrons. The van der Waals surface area contributed by atoms with E-state index in [0.29, 0.717) is 12.1 Å². The third kappa shape index (κ3) is 3.08. The zero-order chi connectivity index (χ0) is 9.68. The van der Waals surface area contributed by atoms with Gasteiger partial charge in [0, 0.05) is 18.7 Å². The summed E-state index contributed by atoms with van der Waals surface area (Å²) in [5.74, 6) is 0. The molecule has 5 nitrogen and oxygen atoms in total. The molecule has 0 atom stereocenters. The highest BCUT2D eigenvalue weighted by molar-refractivity contribution is 5.82. The quantitative estimate of drug-likeness (QED) is 0.642. The largest absolute Gasteiger partial charge is 0.465 e. The SMILES string of the molecule is O=C(O)Nc1ccc(CCO)nc1. The van der Waals surface area contributed by atoms with E-state index in [0.717, 1.165) is 5.69 Å². The number of rotatable bonds is 3. The fraction of sp³-hybridized carbons (Fsp3) is 0.250. The molecule has 0 saturated carbocycles. The smallest absolute Gasteiger partial charge is 0.409 e. The van der Waals surface area contributed by atoms with Crippen LogP contribution >= 0.6 is 0 Å². The topological polar surface area (TPSA) is 82.5 Å². The summed E-state index contributed by atoms with van der Waals surface area (Å²) in [6.07, 6.45) is 0.781. The van der Waals surface area contributed by atoms with Gasteiger partial charge in [-0.25, -0.2) is 4.79 Å². The summed E-state index contributed by atoms with van der Waals surface area (Å²) >= 11 is 0. The van der Waals surface area contributed by atoms with E-state index in [2.05, 4.69) is 10.3 Å². The molecule has 0 saturated heterocycles. The van der Waals surface area contributed by atoms with Crippen molar-refractivity contribution in [2.75, 3.05) is 11.9 Å². The second kappa shape index (κ2) is 4.42. The number of nitrogens with zero attached hydrogens (tertiary/aromatic N) is 1. The normalized spacial score (nSPS) is 9.62. The molecule has 0 aliphatic heterocycles. The number of anilines is 1. The van der Waals surface area contributed by atoms with E-state index >= 15 is 0 Å². The second-order valence-electron chi connectivity index (χ2n) is 2.44. The molecule has 0 fully saturated rings. The van der Waals surface area contributed by atoms with E-state index in [-0.39, 0.29) is 6.61 Å². The first-order valence-corrected chi connectivity index (χ1v) is 3.78. The molecular formula is C8H10N2O3. The van der Waals surface area contributed by atoms with Gasteiger partial charge >= 0.3 is 6.09 Å². The molecule has 0 aliphatic rings. The first kappa shape index (κ1) is 9.47. The first-order valence-electron chi connectivity index (χ1n) is 3.78. The highest BCUT2D eigenvalue weighted by Crippen LogP contribution is 2.05. The van der Waals surface area contributed by atoms with Gasteiger partial charge in [0.2, 0.25) is 0 Å². The Hall–Kier alpha value is -1.62. The zero-order valence-electron chi connectivity index (χ0n) is 6.90. The fourth-order valence-corrected chi connectivity index (χ4v) is 0.884. The Kier molecular flexibility index (Phi) is 3.22. The maximum atomic E-state index is 10.2. The minimum absolute atomic E-state index is 0.0404. The summed E-state index contributed by atoms with van der Waals surface area (Å²) in [5.41, 5.74) is 1.16. The molecule has 1 rings (SSSR count). The van der Waals surface area contributed by atoms with Gasteiger partial charge in [0.15, 0.2) is 0 Å². The molecule has 5 heteroatoms. The number of aromatic nitrogens is 1. The van der Waals surface area contributed by atoms with Crippen molar-refractivity contribution in [3.05, 3.63) is 24.0 Å². The van der Waals surface area contributed by atoms with Gasteiger partial charge in [0.05, 0.1) is 11.9 Å². The van der Waals surface area contributed by atoms with E-state index in [4.69, 9.17) is 10.2 Å². The van der Waals surface area contributed by atoms with Crippen LogP contribution in [0.15, 0.2) is 18.3 Å². The van der Waals surface area contributed by atoms with Gasteiger partial charge in [0.25, 0.3) is 0 Å². The van der Waals surface area contributed by atoms with E-state index < -0.39 is 6.09 Å². The van der Waals surface area contributed by atoms with Gasteiger partial charge < -0.3 is 10.2 Å². The predicted molar refractivity (Wildman–Crippen MR) is 46.7 cm³/mol. The predicted octanol–water partition coefficient (Wildman–Crippen LogP) is 0.706. The van der Waals surface area contributed by atoms with E-state index in [9.17, 15) is 4.79 Å². The van der Waals surface area contributed by atoms with Crippen LogP contribution in [0.2, 0.25) is 0 Å². The van der Waals surface area contributed by atoms with E-state index in [1.54, 1.807) is 12.1 Å². The molecule has 0 spiro atoms. The number of hydrogen-bond donors (Lipinski definition) is 3. The number of aliphatic hydroxyl groups is 1. The van der Waals surface area contributed by atoms with Crippen LogP contribution in [0.25, 0.3) is 0 Å². The maximum Gasteiger partial charge on any atom is 0.409 e. The lowest BCUT2D eigenvalue weighted by Gasteiger charge is -2.01. The third-order valence-electron chi connectivity index (χ3n) is 1.44. The average Bonchev–Trinajstić information content (AvgIpc) is 2.08. The average molecular weight is 182 g/mol. The molecule has 0 bridgehead atoms. The van der Waals surface area contributed by atoms with Crippen LogP contribution in [0.5, 0.6) is 0 Å². The van der Waals surface area contributed by atoms with Crippen molar-refractivity contribution in [2.24, 2.45) is 0 Å². The summed E-state index contributed by atoms with van der Waals surface area (Å²) < 4.78 is 0. The number of amides is 1. The maximum absolute atomic E-state index is 10.2. The number of hydrogen-bond acceptors (Lipinski definition) is 3. The highest BCUT2D eigenvalue weighted by atomic mass is 16.4. The van der Waals surface area contributed by atoms with E-state index in [1.807, 2.05) is 0 Å². The van der Waals surface area contributed by atoms with Crippen LogP contribution in [0, 0.1) is 0 Å². The highest BCUT2D eigenvalue weighted by Gasteiger charge is 1.98. The lowest BCUT2D eigenvalue weighted by atomic mass is 10.3. The summed E-state index contributed by atoms with van der Waals surface area (Å²) in [4.78, 5) is 14.1. The Balaban J connectivity index is 2.64. The molecule has 1 aromatic rings. The molecule has 0 aromatic carbocycles. The number of pyridine rings is 1. The summed E-state index contributed by atoms with van der Waals surface area (Å²) in [5, 5.41) is 19.1. The first-order chi connectivity index (χ1) is 6.22. The van der Waals surface area contributed by atoms with Gasteiger partial charge in [0.1, 0.15) is 0 Å². The number of nitrogens with one attached hydrogen (secondary N) is 1. The van der Waals surface area contributed by atoms with Crippen molar-refractivity contribution in [2.45, 2.75) is 6.42 Å². The Morgan fingerprint density at radius 1 is 1.54 bits per heavy atom. The van der Waals surface area contributed by atoms with Gasteiger partial charge in [-0.3, -0.25) is 10.3 Å². The van der Waals surface area contributed by atoms with Gasteiger partial charge in [-0.05, 0) is 12.1 Å². The van der Waals surface area contributed by atoms with Crippen molar-refractivity contribution in [1.82, 2.24) is 4.98 Å². The van der Waals surface area contributed by atoms with Crippen LogP contribution in [-0.2, 0) is 6.42 Å².